The fourth-order valence-corrected chi connectivity index (χ4v) is 5.22. The van der Waals surface area contributed by atoms with Gasteiger partial charge in [-0.25, -0.2) is 13.4 Å². The molecule has 1 aliphatic rings. The Morgan fingerprint density at radius 3 is 2.93 bits per heavy atom. The van der Waals surface area contributed by atoms with Gasteiger partial charge in [0, 0.05) is 25.4 Å². The van der Waals surface area contributed by atoms with Gasteiger partial charge >= 0.3 is 0 Å². The van der Waals surface area contributed by atoms with Crippen molar-refractivity contribution >= 4 is 49.3 Å². The van der Waals surface area contributed by atoms with Crippen LogP contribution in [0, 0.1) is 12.3 Å². The van der Waals surface area contributed by atoms with Crippen molar-refractivity contribution in [2.75, 3.05) is 36.5 Å². The summed E-state index contributed by atoms with van der Waals surface area (Å²) < 4.78 is 26.7. The largest absolute Gasteiger partial charge is 0.397 e. The van der Waals surface area contributed by atoms with Crippen LogP contribution in [-0.2, 0) is 21.2 Å². The highest BCUT2D eigenvalue weighted by Gasteiger charge is 2.27. The molecule has 1 amide bonds. The molecule has 0 bridgehead atoms. The normalized spacial score (nSPS) is 13.7. The Morgan fingerprint density at radius 1 is 1.50 bits per heavy atom. The molecule has 3 rings (SSSR count). The minimum atomic E-state index is -4.00. The summed E-state index contributed by atoms with van der Waals surface area (Å²) in [6.45, 7) is 2.21. The van der Waals surface area contributed by atoms with Gasteiger partial charge in [0.15, 0.2) is 5.13 Å². The van der Waals surface area contributed by atoms with Gasteiger partial charge in [-0.2, -0.15) is 4.31 Å². The highest BCUT2D eigenvalue weighted by atomic mass is 32.2. The summed E-state index contributed by atoms with van der Waals surface area (Å²) in [6.07, 6.45) is 2.85. The topological polar surface area (TPSA) is 141 Å². The number of hydrogen-bond acceptors (Lipinski definition) is 8. The highest BCUT2D eigenvalue weighted by molar-refractivity contribution is 7.89. The number of amides is 1. The molecule has 1 aromatic carbocycles. The van der Waals surface area contributed by atoms with E-state index in [4.69, 9.17) is 11.1 Å². The van der Waals surface area contributed by atoms with Crippen molar-refractivity contribution in [1.82, 2.24) is 9.29 Å². The smallest absolute Gasteiger partial charge is 0.245 e. The minimum absolute atomic E-state index is 0.00784. The Bertz CT molecular complexity index is 1010. The Labute approximate surface area is 167 Å². The second kappa shape index (κ2) is 7.86. The van der Waals surface area contributed by atoms with E-state index in [0.29, 0.717) is 16.3 Å². The Balaban J connectivity index is 1.75. The van der Waals surface area contributed by atoms with Crippen LogP contribution in [0.5, 0.6) is 0 Å². The molecule has 9 nitrogen and oxygen atoms in total. The summed E-state index contributed by atoms with van der Waals surface area (Å²) in [5, 5.41) is 14.7. The van der Waals surface area contributed by atoms with Crippen LogP contribution in [-0.4, -0.2) is 50.0 Å². The number of carbonyl (C=O) groups is 1. The summed E-state index contributed by atoms with van der Waals surface area (Å²) in [5.41, 5.74) is 7.81. The maximum absolute atomic E-state index is 12.9. The molecule has 0 fully saturated rings. The van der Waals surface area contributed by atoms with Gasteiger partial charge in [-0.1, -0.05) is 11.3 Å². The van der Waals surface area contributed by atoms with Crippen LogP contribution in [0.1, 0.15) is 23.2 Å². The van der Waals surface area contributed by atoms with Crippen molar-refractivity contribution in [3.8, 4) is 0 Å². The predicted molar refractivity (Wildman–Crippen MR) is 111 cm³/mol. The van der Waals surface area contributed by atoms with Crippen LogP contribution in [0.25, 0.3) is 0 Å². The van der Waals surface area contributed by atoms with Crippen LogP contribution in [0.15, 0.2) is 17.0 Å². The molecule has 0 saturated carbocycles. The average molecular weight is 423 g/mol. The third-order valence-corrected chi connectivity index (χ3v) is 7.16. The molecule has 11 heteroatoms. The molecule has 2 aromatic rings. The Morgan fingerprint density at radius 2 is 2.25 bits per heavy atom. The standard InChI is InChI=1S/C17H22N6O3S2/c1-10-6-11(8-18)15(19)13(7-10)28(25,26)23(2)9-14(24)22-17-21-12-4-3-5-20-16(12)27-17/h6-8,18,20H,3-5,9,19H2,1-2H3,(H,21,22,24). The second-order valence-corrected chi connectivity index (χ2v) is 9.56. The summed E-state index contributed by atoms with van der Waals surface area (Å²) in [5.74, 6) is -0.490. The molecule has 0 spiro atoms. The van der Waals surface area contributed by atoms with Gasteiger partial charge in [-0.05, 0) is 37.5 Å². The maximum Gasteiger partial charge on any atom is 0.245 e. The van der Waals surface area contributed by atoms with Crippen LogP contribution < -0.4 is 16.4 Å². The number of nitrogen functional groups attached to an aromatic ring is 1. The van der Waals surface area contributed by atoms with Crippen LogP contribution >= 0.6 is 11.3 Å². The first-order valence-electron chi connectivity index (χ1n) is 8.62. The third-order valence-electron chi connectivity index (χ3n) is 4.35. The van der Waals surface area contributed by atoms with Crippen molar-refractivity contribution in [3.05, 3.63) is 29.0 Å². The molecule has 28 heavy (non-hydrogen) atoms. The van der Waals surface area contributed by atoms with Gasteiger partial charge in [0.1, 0.15) is 9.90 Å². The number of fused-ring (bicyclic) bond motifs is 1. The van der Waals surface area contributed by atoms with E-state index >= 15 is 0 Å². The van der Waals surface area contributed by atoms with Crippen molar-refractivity contribution < 1.29 is 13.2 Å². The van der Waals surface area contributed by atoms with Gasteiger partial charge in [-0.15, -0.1) is 0 Å². The number of thiazole rings is 1. The molecule has 0 saturated heterocycles. The number of aryl methyl sites for hydroxylation is 2. The first-order chi connectivity index (χ1) is 13.2. The predicted octanol–water partition coefficient (Wildman–Crippen LogP) is 1.65. The van der Waals surface area contributed by atoms with Crippen LogP contribution in [0.4, 0.5) is 15.8 Å². The lowest BCUT2D eigenvalue weighted by molar-refractivity contribution is -0.116. The lowest BCUT2D eigenvalue weighted by Crippen LogP contribution is -2.35. The number of carbonyl (C=O) groups excluding carboxylic acids is 1. The summed E-state index contributed by atoms with van der Waals surface area (Å²) >= 11 is 1.34. The van der Waals surface area contributed by atoms with Crippen molar-refractivity contribution in [3.63, 3.8) is 0 Å². The van der Waals surface area contributed by atoms with Gasteiger partial charge in [0.2, 0.25) is 15.9 Å². The summed E-state index contributed by atoms with van der Waals surface area (Å²) in [6, 6.07) is 3.07. The van der Waals surface area contributed by atoms with E-state index in [-0.39, 0.29) is 17.1 Å². The van der Waals surface area contributed by atoms with E-state index in [0.717, 1.165) is 40.6 Å². The monoisotopic (exact) mass is 422 g/mol. The molecule has 150 valence electrons. The quantitative estimate of drug-likeness (QED) is 0.412. The van der Waals surface area contributed by atoms with Gasteiger partial charge in [-0.3, -0.25) is 4.79 Å². The number of sulfonamides is 1. The number of likely N-dealkylation sites (N-methyl/N-ethyl adjacent to an activating group) is 1. The molecule has 0 radical (unpaired) electrons. The average Bonchev–Trinajstić information content (AvgIpc) is 3.04. The molecule has 1 aliphatic heterocycles. The van der Waals surface area contributed by atoms with Crippen LogP contribution in [0.3, 0.4) is 0 Å². The molecule has 5 N–H and O–H groups in total. The second-order valence-electron chi connectivity index (χ2n) is 6.54. The first kappa shape index (κ1) is 20.2. The molecular weight excluding hydrogens is 400 g/mol. The van der Waals surface area contributed by atoms with Gasteiger partial charge < -0.3 is 21.8 Å². The lowest BCUT2D eigenvalue weighted by Gasteiger charge is -2.19. The molecule has 0 aliphatic carbocycles. The van der Waals surface area contributed by atoms with Gasteiger partial charge in [0.25, 0.3) is 0 Å². The number of hydrogen-bond donors (Lipinski definition) is 4. The Kier molecular flexibility index (Phi) is 5.68. The zero-order valence-electron chi connectivity index (χ0n) is 15.6. The van der Waals surface area contributed by atoms with E-state index in [1.54, 1.807) is 13.0 Å². The number of nitrogens with one attached hydrogen (secondary N) is 3. The molecule has 0 unspecified atom stereocenters. The Hall–Kier alpha value is -2.50. The zero-order valence-corrected chi connectivity index (χ0v) is 17.2. The van der Waals surface area contributed by atoms with Gasteiger partial charge in [0.05, 0.1) is 17.9 Å². The number of anilines is 3. The molecule has 0 atom stereocenters. The number of aromatic nitrogens is 1. The summed E-state index contributed by atoms with van der Waals surface area (Å²) in [4.78, 5) is 16.6. The SMILES string of the molecule is Cc1cc(C=N)c(N)c(S(=O)(=O)N(C)CC(=O)Nc2nc3c(s2)NCCC3)c1. The molecular formula is C17H22N6O3S2. The third kappa shape index (κ3) is 4.01. The molecule has 1 aromatic heterocycles. The van der Waals surface area contributed by atoms with Crippen molar-refractivity contribution in [2.24, 2.45) is 0 Å². The number of rotatable bonds is 6. The van der Waals surface area contributed by atoms with E-state index < -0.39 is 15.9 Å². The van der Waals surface area contributed by atoms with E-state index in [1.807, 2.05) is 0 Å². The highest BCUT2D eigenvalue weighted by Crippen LogP contribution is 2.32. The maximum atomic E-state index is 12.9. The minimum Gasteiger partial charge on any atom is -0.397 e. The lowest BCUT2D eigenvalue weighted by atomic mass is 10.1. The van der Waals surface area contributed by atoms with E-state index in [2.05, 4.69) is 15.6 Å². The fraction of sp³-hybridized carbons (Fsp3) is 0.353. The summed E-state index contributed by atoms with van der Waals surface area (Å²) in [7, 11) is -2.68. The first-order valence-corrected chi connectivity index (χ1v) is 10.9. The zero-order chi connectivity index (χ0) is 20.5. The fourth-order valence-electron chi connectivity index (χ4n) is 2.91. The number of benzene rings is 1. The van der Waals surface area contributed by atoms with Crippen molar-refractivity contribution in [2.45, 2.75) is 24.7 Å². The van der Waals surface area contributed by atoms with E-state index in [1.165, 1.54) is 24.5 Å². The number of nitrogens with two attached hydrogens (primary N) is 1. The van der Waals surface area contributed by atoms with Crippen molar-refractivity contribution in [1.29, 1.82) is 5.41 Å². The number of nitrogens with zero attached hydrogens (tertiary/aromatic N) is 2. The van der Waals surface area contributed by atoms with Crippen LogP contribution in [0.2, 0.25) is 0 Å². The van der Waals surface area contributed by atoms with E-state index in [9.17, 15) is 13.2 Å². The molecule has 2 heterocycles.